The van der Waals surface area contributed by atoms with Crippen molar-refractivity contribution in [3.63, 3.8) is 0 Å². The highest BCUT2D eigenvalue weighted by Crippen LogP contribution is 2.31. The maximum absolute atomic E-state index is 12.7. The number of aromatic nitrogens is 4. The Morgan fingerprint density at radius 3 is 2.88 bits per heavy atom. The highest BCUT2D eigenvalue weighted by molar-refractivity contribution is 8.04. The summed E-state index contributed by atoms with van der Waals surface area (Å²) in [6.07, 6.45) is 15.9. The van der Waals surface area contributed by atoms with Gasteiger partial charge in [-0.2, -0.15) is 9.61 Å². The first-order valence-electron chi connectivity index (χ1n) is 11.3. The van der Waals surface area contributed by atoms with Gasteiger partial charge in [0, 0.05) is 47.9 Å². The number of fused-ring (bicyclic) bond motifs is 2. The molecule has 33 heavy (non-hydrogen) atoms. The van der Waals surface area contributed by atoms with Gasteiger partial charge in [-0.3, -0.25) is 9.78 Å². The molecule has 0 fully saturated rings. The van der Waals surface area contributed by atoms with Crippen LogP contribution >= 0.6 is 11.8 Å². The minimum atomic E-state index is 0.141. The SMILES string of the molecule is Nc1cc(C2=CCN(C(=O)C3=CCCS3)CC2)nc2c(-c3cnc4c(c3)C=CCC4)cnn12. The van der Waals surface area contributed by atoms with Crippen molar-refractivity contribution >= 4 is 40.8 Å². The van der Waals surface area contributed by atoms with Crippen LogP contribution in [-0.4, -0.2) is 49.2 Å². The van der Waals surface area contributed by atoms with Gasteiger partial charge in [-0.1, -0.05) is 24.3 Å². The first kappa shape index (κ1) is 20.2. The molecule has 3 aromatic heterocycles. The van der Waals surface area contributed by atoms with E-state index in [2.05, 4.69) is 40.5 Å². The zero-order valence-electron chi connectivity index (χ0n) is 18.2. The second-order valence-electron chi connectivity index (χ2n) is 8.50. The van der Waals surface area contributed by atoms with Gasteiger partial charge >= 0.3 is 0 Å². The molecule has 166 valence electrons. The predicted octanol–water partition coefficient (Wildman–Crippen LogP) is 3.97. The van der Waals surface area contributed by atoms with Crippen LogP contribution in [0, 0.1) is 0 Å². The Labute approximate surface area is 196 Å². The topological polar surface area (TPSA) is 89.4 Å². The van der Waals surface area contributed by atoms with Crippen LogP contribution in [0.2, 0.25) is 0 Å². The lowest BCUT2D eigenvalue weighted by molar-refractivity contribution is -0.125. The first-order valence-corrected chi connectivity index (χ1v) is 12.3. The normalized spacial score (nSPS) is 17.8. The summed E-state index contributed by atoms with van der Waals surface area (Å²) in [6, 6.07) is 4.02. The van der Waals surface area contributed by atoms with Gasteiger partial charge in [-0.25, -0.2) is 4.98 Å². The van der Waals surface area contributed by atoms with Crippen LogP contribution in [0.25, 0.3) is 28.4 Å². The number of rotatable bonds is 3. The van der Waals surface area contributed by atoms with Crippen LogP contribution in [0.3, 0.4) is 0 Å². The Morgan fingerprint density at radius 1 is 1.12 bits per heavy atom. The molecule has 2 aliphatic heterocycles. The van der Waals surface area contributed by atoms with Gasteiger partial charge in [0.05, 0.1) is 16.8 Å². The Hall–Kier alpha value is -3.39. The molecule has 0 bridgehead atoms. The standard InChI is InChI=1S/C25H24N6OS/c26-23-13-21(16-7-9-30(10-8-16)25(32)22-6-3-11-33-22)29-24-19(15-28-31(23)24)18-12-17-4-1-2-5-20(17)27-14-18/h1,4,6-7,12-15H,2-3,5,8-11,26H2. The fourth-order valence-corrected chi connectivity index (χ4v) is 5.55. The zero-order valence-corrected chi connectivity index (χ0v) is 19.0. The van der Waals surface area contributed by atoms with E-state index in [0.717, 1.165) is 75.6 Å². The summed E-state index contributed by atoms with van der Waals surface area (Å²) in [4.78, 5) is 25.1. The Balaban J connectivity index is 1.32. The lowest BCUT2D eigenvalue weighted by atomic mass is 9.99. The minimum absolute atomic E-state index is 0.141. The van der Waals surface area contributed by atoms with Crippen LogP contribution in [0.4, 0.5) is 5.82 Å². The summed E-state index contributed by atoms with van der Waals surface area (Å²) in [5, 5.41) is 4.47. The van der Waals surface area contributed by atoms with Gasteiger partial charge in [0.1, 0.15) is 5.82 Å². The average Bonchev–Trinajstić information content (AvgIpc) is 3.54. The third-order valence-electron chi connectivity index (χ3n) is 6.40. The number of carbonyl (C=O) groups is 1. The Bertz CT molecular complexity index is 1370. The summed E-state index contributed by atoms with van der Waals surface area (Å²) in [5.41, 5.74) is 13.2. The number of amides is 1. The van der Waals surface area contributed by atoms with E-state index in [1.54, 1.807) is 22.5 Å². The maximum Gasteiger partial charge on any atom is 0.260 e. The number of thioether (sulfide) groups is 1. The van der Waals surface area contributed by atoms with E-state index < -0.39 is 0 Å². The summed E-state index contributed by atoms with van der Waals surface area (Å²) in [7, 11) is 0. The van der Waals surface area contributed by atoms with Crippen LogP contribution in [0.5, 0.6) is 0 Å². The van der Waals surface area contributed by atoms with E-state index in [-0.39, 0.29) is 5.91 Å². The number of hydrogen-bond donors (Lipinski definition) is 1. The molecule has 0 unspecified atom stereocenters. The number of nitrogens with zero attached hydrogens (tertiary/aromatic N) is 5. The highest BCUT2D eigenvalue weighted by Gasteiger charge is 2.24. The van der Waals surface area contributed by atoms with Crippen molar-refractivity contribution in [2.24, 2.45) is 0 Å². The van der Waals surface area contributed by atoms with Crippen LogP contribution in [-0.2, 0) is 11.2 Å². The second kappa shape index (κ2) is 8.19. The van der Waals surface area contributed by atoms with Crippen molar-refractivity contribution < 1.29 is 4.79 Å². The summed E-state index contributed by atoms with van der Waals surface area (Å²) >= 11 is 1.65. The van der Waals surface area contributed by atoms with E-state index in [9.17, 15) is 4.79 Å². The van der Waals surface area contributed by atoms with E-state index in [4.69, 9.17) is 10.7 Å². The number of nitrogen functional groups attached to an aromatic ring is 1. The molecule has 8 heteroatoms. The lowest BCUT2D eigenvalue weighted by Gasteiger charge is -2.26. The second-order valence-corrected chi connectivity index (χ2v) is 9.63. The Kier molecular flexibility index (Phi) is 5.02. The molecule has 0 radical (unpaired) electrons. The zero-order chi connectivity index (χ0) is 22.4. The molecule has 3 aromatic rings. The van der Waals surface area contributed by atoms with Gasteiger partial charge in [-0.15, -0.1) is 11.8 Å². The molecule has 0 saturated carbocycles. The molecular weight excluding hydrogens is 432 g/mol. The molecule has 0 spiro atoms. The molecule has 1 aliphatic carbocycles. The molecule has 7 nitrogen and oxygen atoms in total. The minimum Gasteiger partial charge on any atom is -0.384 e. The van der Waals surface area contributed by atoms with Crippen LogP contribution in [0.1, 0.15) is 36.2 Å². The Morgan fingerprint density at radius 2 is 2.06 bits per heavy atom. The van der Waals surface area contributed by atoms with Gasteiger partial charge in [0.15, 0.2) is 5.65 Å². The monoisotopic (exact) mass is 456 g/mol. The summed E-state index contributed by atoms with van der Waals surface area (Å²) < 4.78 is 1.68. The molecule has 0 atom stereocenters. The van der Waals surface area contributed by atoms with E-state index in [1.807, 2.05) is 17.2 Å². The van der Waals surface area contributed by atoms with Crippen molar-refractivity contribution in [2.45, 2.75) is 25.7 Å². The van der Waals surface area contributed by atoms with E-state index in [1.165, 1.54) is 0 Å². The maximum atomic E-state index is 12.7. The fourth-order valence-electron chi connectivity index (χ4n) is 4.60. The molecule has 2 N–H and O–H groups in total. The van der Waals surface area contributed by atoms with Gasteiger partial charge in [0.25, 0.3) is 5.91 Å². The number of aryl methyl sites for hydroxylation is 1. The molecule has 1 amide bonds. The molecule has 6 rings (SSSR count). The predicted molar refractivity (Wildman–Crippen MR) is 132 cm³/mol. The lowest BCUT2D eigenvalue weighted by Crippen LogP contribution is -2.35. The fraction of sp³-hybridized carbons (Fsp3) is 0.280. The van der Waals surface area contributed by atoms with Crippen molar-refractivity contribution in [2.75, 3.05) is 24.6 Å². The first-order chi connectivity index (χ1) is 16.2. The van der Waals surface area contributed by atoms with Gasteiger partial charge in [-0.05, 0) is 42.9 Å². The molecule has 5 heterocycles. The van der Waals surface area contributed by atoms with E-state index in [0.29, 0.717) is 18.9 Å². The third kappa shape index (κ3) is 3.64. The van der Waals surface area contributed by atoms with Gasteiger partial charge < -0.3 is 10.6 Å². The largest absolute Gasteiger partial charge is 0.384 e. The molecule has 0 saturated heterocycles. The summed E-state index contributed by atoms with van der Waals surface area (Å²) in [5.74, 6) is 1.69. The number of carbonyl (C=O) groups excluding carboxylic acids is 1. The molecule has 3 aliphatic rings. The number of allylic oxidation sites excluding steroid dienone is 2. The third-order valence-corrected chi connectivity index (χ3v) is 7.49. The number of anilines is 1. The van der Waals surface area contributed by atoms with Crippen molar-refractivity contribution in [1.82, 2.24) is 24.5 Å². The van der Waals surface area contributed by atoms with Crippen LogP contribution < -0.4 is 5.73 Å². The van der Waals surface area contributed by atoms with Gasteiger partial charge in [0.2, 0.25) is 0 Å². The molecular formula is C25H24N6OS. The van der Waals surface area contributed by atoms with Crippen molar-refractivity contribution in [3.8, 4) is 11.1 Å². The average molecular weight is 457 g/mol. The van der Waals surface area contributed by atoms with E-state index >= 15 is 0 Å². The summed E-state index contributed by atoms with van der Waals surface area (Å²) in [6.45, 7) is 1.27. The quantitative estimate of drug-likeness (QED) is 0.642. The van der Waals surface area contributed by atoms with Crippen molar-refractivity contribution in [1.29, 1.82) is 0 Å². The van der Waals surface area contributed by atoms with Crippen LogP contribution in [0.15, 0.2) is 47.7 Å². The number of nitrogens with two attached hydrogens (primary N) is 1. The number of hydrogen-bond acceptors (Lipinski definition) is 6. The highest BCUT2D eigenvalue weighted by atomic mass is 32.2. The molecule has 0 aromatic carbocycles. The smallest absolute Gasteiger partial charge is 0.260 e. The number of pyridine rings is 1. The van der Waals surface area contributed by atoms with Crippen molar-refractivity contribution in [3.05, 3.63) is 64.6 Å².